The Morgan fingerprint density at radius 1 is 1.20 bits per heavy atom. The molecule has 10 heavy (non-hydrogen) atoms. The van der Waals surface area contributed by atoms with Gasteiger partial charge in [-0.1, -0.05) is 17.7 Å². The Kier molecular flexibility index (Phi) is 2.05. The van der Waals surface area contributed by atoms with E-state index in [1.165, 1.54) is 5.57 Å². The molecule has 0 aromatic carbocycles. The third-order valence-corrected chi connectivity index (χ3v) is 1.80. The lowest BCUT2D eigenvalue weighted by molar-refractivity contribution is -0.115. The Morgan fingerprint density at radius 3 is 2.60 bits per heavy atom. The summed E-state index contributed by atoms with van der Waals surface area (Å²) < 4.78 is 0. The monoisotopic (exact) mass is 136 g/mol. The molecule has 0 amide bonds. The summed E-state index contributed by atoms with van der Waals surface area (Å²) >= 11 is 0. The third kappa shape index (κ3) is 1.56. The van der Waals surface area contributed by atoms with Crippen molar-refractivity contribution in [2.45, 2.75) is 26.7 Å². The number of ketones is 1. The van der Waals surface area contributed by atoms with Crippen LogP contribution in [0.4, 0.5) is 0 Å². The molecule has 0 saturated heterocycles. The summed E-state index contributed by atoms with van der Waals surface area (Å²) in [6.45, 7) is 3.93. The van der Waals surface area contributed by atoms with Crippen LogP contribution < -0.4 is 0 Å². The molecule has 54 valence electrons. The Bertz CT molecular complexity index is 209. The van der Waals surface area contributed by atoms with Crippen molar-refractivity contribution < 1.29 is 4.79 Å². The zero-order valence-corrected chi connectivity index (χ0v) is 6.48. The van der Waals surface area contributed by atoms with E-state index in [0.717, 1.165) is 12.0 Å². The highest BCUT2D eigenvalue weighted by Gasteiger charge is 2.06. The standard InChI is InChI=1S/C9H12O/c1-7-3-5-8(2)9(10)6-4-7/h3,5H,4,6H2,1-2H3. The van der Waals surface area contributed by atoms with E-state index < -0.39 is 0 Å². The smallest absolute Gasteiger partial charge is 0.158 e. The number of rotatable bonds is 0. The summed E-state index contributed by atoms with van der Waals surface area (Å²) in [4.78, 5) is 11.1. The van der Waals surface area contributed by atoms with Crippen LogP contribution in [0.1, 0.15) is 26.7 Å². The maximum atomic E-state index is 11.1. The summed E-state index contributed by atoms with van der Waals surface area (Å²) in [5.41, 5.74) is 2.18. The second kappa shape index (κ2) is 2.82. The van der Waals surface area contributed by atoms with Crippen LogP contribution in [0.15, 0.2) is 23.3 Å². The number of Topliss-reactive ketones (excluding diaryl/α,β-unsaturated/α-hetero) is 1. The molecule has 1 nitrogen and oxygen atoms in total. The molecule has 1 heteroatoms. The van der Waals surface area contributed by atoms with E-state index in [4.69, 9.17) is 0 Å². The van der Waals surface area contributed by atoms with Gasteiger partial charge in [-0.2, -0.15) is 0 Å². The van der Waals surface area contributed by atoms with Crippen molar-refractivity contribution in [3.8, 4) is 0 Å². The van der Waals surface area contributed by atoms with Gasteiger partial charge in [0.25, 0.3) is 0 Å². The molecule has 1 rings (SSSR count). The van der Waals surface area contributed by atoms with Gasteiger partial charge < -0.3 is 0 Å². The molecule has 0 fully saturated rings. The Hall–Kier alpha value is -0.850. The lowest BCUT2D eigenvalue weighted by Gasteiger charge is -1.94. The van der Waals surface area contributed by atoms with E-state index in [9.17, 15) is 4.79 Å². The van der Waals surface area contributed by atoms with E-state index in [1.807, 2.05) is 19.1 Å². The van der Waals surface area contributed by atoms with E-state index in [-0.39, 0.29) is 5.78 Å². The highest BCUT2D eigenvalue weighted by atomic mass is 16.1. The van der Waals surface area contributed by atoms with Crippen molar-refractivity contribution in [1.29, 1.82) is 0 Å². The molecule has 0 aromatic heterocycles. The van der Waals surface area contributed by atoms with Crippen molar-refractivity contribution in [2.75, 3.05) is 0 Å². The summed E-state index contributed by atoms with van der Waals surface area (Å²) in [5.74, 6) is 0.285. The number of carbonyl (C=O) groups is 1. The topological polar surface area (TPSA) is 17.1 Å². The Morgan fingerprint density at radius 2 is 1.90 bits per heavy atom. The Labute approximate surface area is 61.4 Å². The minimum atomic E-state index is 0.285. The minimum absolute atomic E-state index is 0.285. The van der Waals surface area contributed by atoms with E-state index in [0.29, 0.717) is 6.42 Å². The quantitative estimate of drug-likeness (QED) is 0.499. The normalized spacial score (nSPS) is 19.6. The van der Waals surface area contributed by atoms with Gasteiger partial charge in [-0.25, -0.2) is 0 Å². The lowest BCUT2D eigenvalue weighted by atomic mass is 10.1. The molecule has 1 aliphatic rings. The van der Waals surface area contributed by atoms with Gasteiger partial charge in [-0.05, 0) is 25.8 Å². The molecule has 0 heterocycles. The molecule has 0 unspecified atom stereocenters. The molecule has 0 aliphatic heterocycles. The first kappa shape index (κ1) is 7.26. The van der Waals surface area contributed by atoms with Crippen LogP contribution >= 0.6 is 0 Å². The third-order valence-electron chi connectivity index (χ3n) is 1.80. The molecule has 0 aromatic rings. The van der Waals surface area contributed by atoms with Gasteiger partial charge in [-0.15, -0.1) is 0 Å². The van der Waals surface area contributed by atoms with Crippen LogP contribution in [0, 0.1) is 0 Å². The zero-order valence-electron chi connectivity index (χ0n) is 6.48. The minimum Gasteiger partial charge on any atom is -0.295 e. The van der Waals surface area contributed by atoms with Crippen LogP contribution in [0.25, 0.3) is 0 Å². The fourth-order valence-electron chi connectivity index (χ4n) is 0.951. The summed E-state index contributed by atoms with van der Waals surface area (Å²) in [6.07, 6.45) is 5.54. The van der Waals surface area contributed by atoms with Crippen molar-refractivity contribution in [2.24, 2.45) is 0 Å². The lowest BCUT2D eigenvalue weighted by Crippen LogP contribution is -1.96. The predicted molar refractivity (Wildman–Crippen MR) is 41.8 cm³/mol. The molecular formula is C9H12O. The van der Waals surface area contributed by atoms with Crippen LogP contribution in [0.5, 0.6) is 0 Å². The average Bonchev–Trinajstić information content (AvgIpc) is 2.04. The Balaban J connectivity index is 2.80. The van der Waals surface area contributed by atoms with Crippen molar-refractivity contribution in [3.05, 3.63) is 23.3 Å². The van der Waals surface area contributed by atoms with Crippen molar-refractivity contribution in [1.82, 2.24) is 0 Å². The first-order valence-electron chi connectivity index (χ1n) is 3.57. The van der Waals surface area contributed by atoms with E-state index in [1.54, 1.807) is 0 Å². The first-order valence-corrected chi connectivity index (χ1v) is 3.57. The van der Waals surface area contributed by atoms with Gasteiger partial charge in [0.15, 0.2) is 5.78 Å². The van der Waals surface area contributed by atoms with Gasteiger partial charge in [0.1, 0.15) is 0 Å². The van der Waals surface area contributed by atoms with Gasteiger partial charge in [-0.3, -0.25) is 4.79 Å². The molecule has 0 atom stereocenters. The van der Waals surface area contributed by atoms with Crippen LogP contribution in [0.3, 0.4) is 0 Å². The van der Waals surface area contributed by atoms with Gasteiger partial charge in [0.05, 0.1) is 0 Å². The summed E-state index contributed by atoms with van der Waals surface area (Å²) in [7, 11) is 0. The second-order valence-electron chi connectivity index (χ2n) is 2.79. The maximum Gasteiger partial charge on any atom is 0.158 e. The molecule has 1 aliphatic carbocycles. The van der Waals surface area contributed by atoms with E-state index in [2.05, 4.69) is 6.92 Å². The second-order valence-corrected chi connectivity index (χ2v) is 2.79. The summed E-state index contributed by atoms with van der Waals surface area (Å²) in [5, 5.41) is 0. The molecule has 0 bridgehead atoms. The van der Waals surface area contributed by atoms with Crippen LogP contribution in [0.2, 0.25) is 0 Å². The molecule has 0 N–H and O–H groups in total. The molecule has 0 radical (unpaired) electrons. The van der Waals surface area contributed by atoms with Gasteiger partial charge in [0, 0.05) is 6.42 Å². The maximum absolute atomic E-state index is 11.1. The predicted octanol–water partition coefficient (Wildman–Crippen LogP) is 2.24. The highest BCUT2D eigenvalue weighted by Crippen LogP contribution is 2.13. The largest absolute Gasteiger partial charge is 0.295 e. The fraction of sp³-hybridized carbons (Fsp3) is 0.444. The van der Waals surface area contributed by atoms with Crippen molar-refractivity contribution >= 4 is 5.78 Å². The summed E-state index contributed by atoms with van der Waals surface area (Å²) in [6, 6.07) is 0. The van der Waals surface area contributed by atoms with Gasteiger partial charge >= 0.3 is 0 Å². The van der Waals surface area contributed by atoms with Crippen LogP contribution in [-0.4, -0.2) is 5.78 Å². The fourth-order valence-corrected chi connectivity index (χ4v) is 0.951. The van der Waals surface area contributed by atoms with E-state index >= 15 is 0 Å². The molecule has 0 spiro atoms. The molecule has 0 saturated carbocycles. The van der Waals surface area contributed by atoms with Gasteiger partial charge in [0.2, 0.25) is 0 Å². The number of hydrogen-bond donors (Lipinski definition) is 0. The SMILES string of the molecule is CC1=CC=C(C)C(=O)CC1. The highest BCUT2D eigenvalue weighted by molar-refractivity contribution is 5.95. The van der Waals surface area contributed by atoms with Crippen LogP contribution in [-0.2, 0) is 4.79 Å². The number of hydrogen-bond acceptors (Lipinski definition) is 1. The number of allylic oxidation sites excluding steroid dienone is 4. The average molecular weight is 136 g/mol. The van der Waals surface area contributed by atoms with Crippen molar-refractivity contribution in [3.63, 3.8) is 0 Å². The first-order chi connectivity index (χ1) is 4.70. The molecular weight excluding hydrogens is 124 g/mol. The zero-order chi connectivity index (χ0) is 7.56. The number of carbonyl (C=O) groups excluding carboxylic acids is 1.